The maximum absolute atomic E-state index is 12.6. The standard InChI is InChI=1S/C18H18N2O3S/c1-13-7-9-14(10-8-13)19-18(21)12-24(22,23)17-11-20(2)16-6-4-3-5-15(16)17/h3-11H,12H2,1-2H3,(H,19,21). The molecular weight excluding hydrogens is 324 g/mol. The number of sulfone groups is 1. The van der Waals surface area contributed by atoms with Gasteiger partial charge in [-0.05, 0) is 25.1 Å². The molecule has 0 unspecified atom stereocenters. The maximum atomic E-state index is 12.6. The summed E-state index contributed by atoms with van der Waals surface area (Å²) in [4.78, 5) is 12.3. The normalized spacial score (nSPS) is 11.6. The Bertz CT molecular complexity index is 1000. The molecule has 1 heterocycles. The van der Waals surface area contributed by atoms with Gasteiger partial charge in [0, 0.05) is 29.8 Å². The largest absolute Gasteiger partial charge is 0.349 e. The number of fused-ring (bicyclic) bond motifs is 1. The van der Waals surface area contributed by atoms with E-state index in [-0.39, 0.29) is 4.90 Å². The van der Waals surface area contributed by atoms with Crippen LogP contribution in [-0.2, 0) is 21.7 Å². The molecule has 0 saturated carbocycles. The Morgan fingerprint density at radius 2 is 1.75 bits per heavy atom. The smallest absolute Gasteiger partial charge is 0.239 e. The van der Waals surface area contributed by atoms with Gasteiger partial charge in [-0.3, -0.25) is 4.79 Å². The number of anilines is 1. The Hall–Kier alpha value is -2.60. The lowest BCUT2D eigenvalue weighted by Gasteiger charge is -2.06. The van der Waals surface area contributed by atoms with Crippen LogP contribution in [0.3, 0.4) is 0 Å². The number of nitrogens with zero attached hydrogens (tertiary/aromatic N) is 1. The zero-order valence-corrected chi connectivity index (χ0v) is 14.3. The molecule has 3 aromatic rings. The monoisotopic (exact) mass is 342 g/mol. The molecule has 0 bridgehead atoms. The second-order valence-corrected chi connectivity index (χ2v) is 7.75. The highest BCUT2D eigenvalue weighted by molar-refractivity contribution is 7.92. The van der Waals surface area contributed by atoms with E-state index < -0.39 is 21.5 Å². The van der Waals surface area contributed by atoms with Gasteiger partial charge in [0.15, 0.2) is 9.84 Å². The summed E-state index contributed by atoms with van der Waals surface area (Å²) in [5, 5.41) is 3.25. The van der Waals surface area contributed by atoms with Crippen LogP contribution in [0.2, 0.25) is 0 Å². The van der Waals surface area contributed by atoms with Gasteiger partial charge in [0.2, 0.25) is 5.91 Å². The predicted molar refractivity (Wildman–Crippen MR) is 94.8 cm³/mol. The fourth-order valence-corrected chi connectivity index (χ4v) is 4.04. The van der Waals surface area contributed by atoms with E-state index in [9.17, 15) is 13.2 Å². The Kier molecular flexibility index (Phi) is 4.15. The third-order valence-corrected chi connectivity index (χ3v) is 5.49. The van der Waals surface area contributed by atoms with Gasteiger partial charge in [-0.2, -0.15) is 0 Å². The third kappa shape index (κ3) is 3.19. The van der Waals surface area contributed by atoms with Crippen LogP contribution in [0.5, 0.6) is 0 Å². The third-order valence-electron chi connectivity index (χ3n) is 3.85. The highest BCUT2D eigenvalue weighted by Gasteiger charge is 2.23. The second-order valence-electron chi connectivity index (χ2n) is 5.79. The molecule has 124 valence electrons. The summed E-state index contributed by atoms with van der Waals surface area (Å²) in [5.41, 5.74) is 2.46. The molecule has 0 spiro atoms. The van der Waals surface area contributed by atoms with Gasteiger partial charge >= 0.3 is 0 Å². The molecule has 3 rings (SSSR count). The van der Waals surface area contributed by atoms with Crippen molar-refractivity contribution in [3.63, 3.8) is 0 Å². The van der Waals surface area contributed by atoms with Crippen molar-refractivity contribution in [1.82, 2.24) is 4.57 Å². The summed E-state index contributed by atoms with van der Waals surface area (Å²) in [5.74, 6) is -1.14. The Labute approximate surface area is 140 Å². The molecule has 0 aliphatic carbocycles. The van der Waals surface area contributed by atoms with Gasteiger partial charge in [0.25, 0.3) is 0 Å². The second kappa shape index (κ2) is 6.13. The van der Waals surface area contributed by atoms with E-state index in [0.29, 0.717) is 11.1 Å². The Balaban J connectivity index is 1.85. The van der Waals surface area contributed by atoms with Gasteiger partial charge < -0.3 is 9.88 Å². The van der Waals surface area contributed by atoms with Crippen molar-refractivity contribution in [3.8, 4) is 0 Å². The predicted octanol–water partition coefficient (Wildman–Crippen LogP) is 2.90. The van der Waals surface area contributed by atoms with E-state index >= 15 is 0 Å². The van der Waals surface area contributed by atoms with Crippen molar-refractivity contribution in [2.45, 2.75) is 11.8 Å². The van der Waals surface area contributed by atoms with Crippen LogP contribution < -0.4 is 5.32 Å². The molecule has 24 heavy (non-hydrogen) atoms. The molecule has 5 nitrogen and oxygen atoms in total. The fourth-order valence-electron chi connectivity index (χ4n) is 2.64. The molecule has 0 atom stereocenters. The van der Waals surface area contributed by atoms with Gasteiger partial charge in [0.05, 0.1) is 4.90 Å². The molecule has 0 radical (unpaired) electrons. The van der Waals surface area contributed by atoms with Crippen molar-refractivity contribution < 1.29 is 13.2 Å². The fraction of sp³-hybridized carbons (Fsp3) is 0.167. The molecule has 1 N–H and O–H groups in total. The van der Waals surface area contributed by atoms with Crippen molar-refractivity contribution in [3.05, 3.63) is 60.3 Å². The summed E-state index contributed by atoms with van der Waals surface area (Å²) in [6.07, 6.45) is 1.55. The van der Waals surface area contributed by atoms with Crippen LogP contribution in [-0.4, -0.2) is 24.6 Å². The number of carbonyl (C=O) groups excluding carboxylic acids is 1. The van der Waals surface area contributed by atoms with Gasteiger partial charge in [-0.15, -0.1) is 0 Å². The van der Waals surface area contributed by atoms with E-state index in [1.54, 1.807) is 42.1 Å². The van der Waals surface area contributed by atoms with Crippen molar-refractivity contribution >= 4 is 32.3 Å². The molecule has 2 aromatic carbocycles. The molecule has 0 aliphatic heterocycles. The van der Waals surface area contributed by atoms with Crippen LogP contribution in [0.15, 0.2) is 59.6 Å². The van der Waals surface area contributed by atoms with E-state index in [0.717, 1.165) is 11.1 Å². The van der Waals surface area contributed by atoms with Gasteiger partial charge in [-0.25, -0.2) is 8.42 Å². The van der Waals surface area contributed by atoms with Crippen molar-refractivity contribution in [2.24, 2.45) is 7.05 Å². The van der Waals surface area contributed by atoms with Gasteiger partial charge in [-0.1, -0.05) is 35.9 Å². The number of carbonyl (C=O) groups is 1. The molecule has 0 fully saturated rings. The molecule has 1 aromatic heterocycles. The highest BCUT2D eigenvalue weighted by atomic mass is 32.2. The highest BCUT2D eigenvalue weighted by Crippen LogP contribution is 2.25. The number of aryl methyl sites for hydroxylation is 2. The zero-order chi connectivity index (χ0) is 17.3. The summed E-state index contributed by atoms with van der Waals surface area (Å²) < 4.78 is 27.0. The quantitative estimate of drug-likeness (QED) is 0.793. The average Bonchev–Trinajstić information content (AvgIpc) is 2.88. The van der Waals surface area contributed by atoms with Gasteiger partial charge in [0.1, 0.15) is 5.75 Å². The zero-order valence-electron chi connectivity index (χ0n) is 13.5. The van der Waals surface area contributed by atoms with Crippen LogP contribution in [0.1, 0.15) is 5.56 Å². The van der Waals surface area contributed by atoms with E-state index in [4.69, 9.17) is 0 Å². The minimum absolute atomic E-state index is 0.180. The average molecular weight is 342 g/mol. The summed E-state index contributed by atoms with van der Waals surface area (Å²) in [7, 11) is -1.94. The summed E-state index contributed by atoms with van der Waals surface area (Å²) in [6, 6.07) is 14.4. The van der Waals surface area contributed by atoms with E-state index in [1.807, 2.05) is 31.2 Å². The maximum Gasteiger partial charge on any atom is 0.239 e. The minimum atomic E-state index is -3.73. The first-order valence-corrected chi connectivity index (χ1v) is 9.15. The molecular formula is C18H18N2O3S. The number of rotatable bonds is 4. The van der Waals surface area contributed by atoms with Crippen molar-refractivity contribution in [2.75, 3.05) is 11.1 Å². The van der Waals surface area contributed by atoms with E-state index in [1.165, 1.54) is 0 Å². The Morgan fingerprint density at radius 3 is 2.46 bits per heavy atom. The number of amides is 1. The minimum Gasteiger partial charge on any atom is -0.349 e. The first-order valence-electron chi connectivity index (χ1n) is 7.50. The van der Waals surface area contributed by atoms with Crippen LogP contribution in [0, 0.1) is 6.92 Å². The number of nitrogens with one attached hydrogen (secondary N) is 1. The topological polar surface area (TPSA) is 68.2 Å². The van der Waals surface area contributed by atoms with Crippen LogP contribution >= 0.6 is 0 Å². The lowest BCUT2D eigenvalue weighted by Crippen LogP contribution is -2.22. The number of benzene rings is 2. The number of hydrogen-bond acceptors (Lipinski definition) is 3. The number of aromatic nitrogens is 1. The summed E-state index contributed by atoms with van der Waals surface area (Å²) >= 11 is 0. The van der Waals surface area contributed by atoms with E-state index in [2.05, 4.69) is 5.32 Å². The first kappa shape index (κ1) is 16.3. The van der Waals surface area contributed by atoms with Crippen LogP contribution in [0.4, 0.5) is 5.69 Å². The lowest BCUT2D eigenvalue weighted by atomic mass is 10.2. The SMILES string of the molecule is Cc1ccc(NC(=O)CS(=O)(=O)c2cn(C)c3ccccc23)cc1. The number of hydrogen-bond donors (Lipinski definition) is 1. The lowest BCUT2D eigenvalue weighted by molar-refractivity contribution is -0.113. The number of para-hydroxylation sites is 1. The summed E-state index contributed by atoms with van der Waals surface area (Å²) in [6.45, 7) is 1.94. The molecule has 6 heteroatoms. The molecule has 0 aliphatic rings. The Morgan fingerprint density at radius 1 is 1.08 bits per heavy atom. The first-order chi connectivity index (χ1) is 11.4. The molecule has 0 saturated heterocycles. The molecule has 1 amide bonds. The van der Waals surface area contributed by atoms with Crippen molar-refractivity contribution in [1.29, 1.82) is 0 Å². The van der Waals surface area contributed by atoms with Crippen LogP contribution in [0.25, 0.3) is 10.9 Å².